The normalized spacial score (nSPS) is 16.4. The van der Waals surface area contributed by atoms with Crippen molar-refractivity contribution in [1.82, 2.24) is 0 Å². The van der Waals surface area contributed by atoms with Crippen LogP contribution in [0.3, 0.4) is 0 Å². The van der Waals surface area contributed by atoms with Crippen molar-refractivity contribution in [3.63, 3.8) is 0 Å². The second-order valence-electron chi connectivity index (χ2n) is 4.37. The summed E-state index contributed by atoms with van der Waals surface area (Å²) in [5.74, 6) is 0.295. The van der Waals surface area contributed by atoms with Gasteiger partial charge >= 0.3 is 0 Å². The molecule has 0 aliphatic heterocycles. The zero-order valence-electron chi connectivity index (χ0n) is 9.40. The summed E-state index contributed by atoms with van der Waals surface area (Å²) in [5.41, 5.74) is 1.24. The van der Waals surface area contributed by atoms with E-state index in [-0.39, 0.29) is 10.7 Å². The van der Waals surface area contributed by atoms with Gasteiger partial charge in [0, 0.05) is 5.92 Å². The molecule has 0 amide bonds. The Labute approximate surface area is 86.3 Å². The van der Waals surface area contributed by atoms with Crippen LogP contribution in [0.15, 0.2) is 30.3 Å². The molecule has 14 heavy (non-hydrogen) atoms. The molecule has 0 saturated heterocycles. The molecule has 2 nitrogen and oxygen atoms in total. The lowest BCUT2D eigenvalue weighted by molar-refractivity contribution is -0.866. The Balaban J connectivity index is 2.81. The third kappa shape index (κ3) is 2.56. The predicted octanol–water partition coefficient (Wildman–Crippen LogP) is 2.75. The molecule has 0 aromatic heterocycles. The van der Waals surface area contributed by atoms with Gasteiger partial charge in [0.25, 0.3) is 0 Å². The van der Waals surface area contributed by atoms with Crippen LogP contribution in [-0.4, -0.2) is 24.8 Å². The van der Waals surface area contributed by atoms with Crippen molar-refractivity contribution in [3.8, 4) is 0 Å². The number of benzene rings is 1. The van der Waals surface area contributed by atoms with Crippen LogP contribution in [0.5, 0.6) is 0 Å². The molecule has 0 aliphatic carbocycles. The van der Waals surface area contributed by atoms with Crippen LogP contribution in [0.25, 0.3) is 0 Å². The predicted molar refractivity (Wildman–Crippen MR) is 59.8 cm³/mol. The summed E-state index contributed by atoms with van der Waals surface area (Å²) in [7, 11) is 3.40. The van der Waals surface area contributed by atoms with E-state index in [9.17, 15) is 5.21 Å². The lowest BCUT2D eigenvalue weighted by Gasteiger charge is -2.43. The monoisotopic (exact) mass is 193 g/mol. The van der Waals surface area contributed by atoms with Crippen LogP contribution < -0.4 is 0 Å². The Bertz CT molecular complexity index is 276. The van der Waals surface area contributed by atoms with Gasteiger partial charge in [-0.25, -0.2) is 0 Å². The quantitative estimate of drug-likeness (QED) is 0.534. The summed E-state index contributed by atoms with van der Waals surface area (Å²) < 4.78 is -0.240. The van der Waals surface area contributed by atoms with E-state index in [0.717, 1.165) is 0 Å². The maximum Gasteiger partial charge on any atom is 0.0921 e. The molecule has 0 N–H and O–H groups in total. The molecule has 2 heteroatoms. The van der Waals surface area contributed by atoms with Crippen molar-refractivity contribution in [2.75, 3.05) is 14.1 Å². The van der Waals surface area contributed by atoms with Gasteiger partial charge in [-0.2, -0.15) is 0 Å². The van der Waals surface area contributed by atoms with E-state index in [4.69, 9.17) is 0 Å². The van der Waals surface area contributed by atoms with Crippen LogP contribution in [0.1, 0.15) is 25.3 Å². The highest BCUT2D eigenvalue weighted by atomic mass is 16.5. The SMILES string of the molecule is C[C@H]([C@@H](C)c1ccccc1)[N+](C)(C)[O-]. The van der Waals surface area contributed by atoms with Gasteiger partial charge < -0.3 is 9.85 Å². The molecule has 0 spiro atoms. The van der Waals surface area contributed by atoms with E-state index in [1.807, 2.05) is 25.1 Å². The van der Waals surface area contributed by atoms with Crippen molar-refractivity contribution in [3.05, 3.63) is 41.1 Å². The maximum absolute atomic E-state index is 11.8. The average Bonchev–Trinajstić information content (AvgIpc) is 2.15. The molecule has 0 aliphatic rings. The summed E-state index contributed by atoms with van der Waals surface area (Å²) >= 11 is 0. The maximum atomic E-state index is 11.8. The second kappa shape index (κ2) is 4.11. The van der Waals surface area contributed by atoms with E-state index in [0.29, 0.717) is 5.92 Å². The van der Waals surface area contributed by atoms with Crippen molar-refractivity contribution >= 4 is 0 Å². The number of hydroxylamine groups is 3. The molecule has 78 valence electrons. The largest absolute Gasteiger partial charge is 0.633 e. The Hall–Kier alpha value is -0.860. The molecule has 0 heterocycles. The van der Waals surface area contributed by atoms with Gasteiger partial charge in [-0.1, -0.05) is 37.3 Å². The van der Waals surface area contributed by atoms with Crippen LogP contribution in [0.4, 0.5) is 0 Å². The Morgan fingerprint density at radius 2 is 1.57 bits per heavy atom. The van der Waals surface area contributed by atoms with Crippen LogP contribution >= 0.6 is 0 Å². The van der Waals surface area contributed by atoms with Crippen molar-refractivity contribution in [2.24, 2.45) is 0 Å². The number of quaternary nitrogens is 1. The summed E-state index contributed by atoms with van der Waals surface area (Å²) in [4.78, 5) is 0. The van der Waals surface area contributed by atoms with Gasteiger partial charge in [0.2, 0.25) is 0 Å². The second-order valence-corrected chi connectivity index (χ2v) is 4.37. The number of hydrogen-bond acceptors (Lipinski definition) is 1. The smallest absolute Gasteiger partial charge is 0.0921 e. The van der Waals surface area contributed by atoms with Gasteiger partial charge in [-0.05, 0) is 12.5 Å². The van der Waals surface area contributed by atoms with Gasteiger partial charge in [0.05, 0.1) is 20.1 Å². The van der Waals surface area contributed by atoms with E-state index < -0.39 is 0 Å². The molecule has 1 aromatic carbocycles. The molecule has 0 bridgehead atoms. The highest BCUT2D eigenvalue weighted by Crippen LogP contribution is 2.24. The minimum atomic E-state index is -0.240. The average molecular weight is 193 g/mol. The first kappa shape index (κ1) is 11.2. The third-order valence-electron chi connectivity index (χ3n) is 3.03. The number of rotatable bonds is 3. The zero-order chi connectivity index (χ0) is 10.8. The molecule has 0 unspecified atom stereocenters. The summed E-state index contributed by atoms with van der Waals surface area (Å²) in [5, 5.41) is 11.8. The van der Waals surface area contributed by atoms with Crippen molar-refractivity contribution < 1.29 is 4.65 Å². The first-order chi connectivity index (χ1) is 6.43. The number of nitrogens with zero attached hydrogens (tertiary/aromatic N) is 1. The summed E-state index contributed by atoms with van der Waals surface area (Å²) in [6.45, 7) is 4.11. The first-order valence-electron chi connectivity index (χ1n) is 5.02. The van der Waals surface area contributed by atoms with E-state index >= 15 is 0 Å². The highest BCUT2D eigenvalue weighted by Gasteiger charge is 2.22. The molecular formula is C12H19NO. The van der Waals surface area contributed by atoms with Gasteiger partial charge in [-0.3, -0.25) is 0 Å². The molecule has 0 saturated carbocycles. The fourth-order valence-electron chi connectivity index (χ4n) is 1.57. The molecule has 1 aromatic rings. The fraction of sp³-hybridized carbons (Fsp3) is 0.500. The highest BCUT2D eigenvalue weighted by molar-refractivity contribution is 5.19. The fourth-order valence-corrected chi connectivity index (χ4v) is 1.57. The number of likely N-dealkylation sites (N-methyl/N-ethyl adjacent to an activating group) is 1. The molecule has 1 rings (SSSR count). The molecule has 0 fully saturated rings. The third-order valence-corrected chi connectivity index (χ3v) is 3.03. The molecular weight excluding hydrogens is 174 g/mol. The van der Waals surface area contributed by atoms with Crippen molar-refractivity contribution in [2.45, 2.75) is 25.8 Å². The zero-order valence-corrected chi connectivity index (χ0v) is 9.40. The molecule has 2 atom stereocenters. The first-order valence-corrected chi connectivity index (χ1v) is 5.02. The van der Waals surface area contributed by atoms with Crippen molar-refractivity contribution in [1.29, 1.82) is 0 Å². The number of hydrogen-bond donors (Lipinski definition) is 0. The van der Waals surface area contributed by atoms with Crippen LogP contribution in [0.2, 0.25) is 0 Å². The molecule has 0 radical (unpaired) electrons. The van der Waals surface area contributed by atoms with Gasteiger partial charge in [-0.15, -0.1) is 0 Å². The Morgan fingerprint density at radius 1 is 1.07 bits per heavy atom. The minimum absolute atomic E-state index is 0.0809. The minimum Gasteiger partial charge on any atom is -0.633 e. The summed E-state index contributed by atoms with van der Waals surface area (Å²) in [6, 6.07) is 10.3. The van der Waals surface area contributed by atoms with Crippen LogP contribution in [0, 0.1) is 5.21 Å². The van der Waals surface area contributed by atoms with Gasteiger partial charge in [0.15, 0.2) is 0 Å². The lowest BCUT2D eigenvalue weighted by atomic mass is 9.94. The Morgan fingerprint density at radius 3 is 2.00 bits per heavy atom. The standard InChI is InChI=1S/C12H19NO/c1-10(11(2)13(3,4)14)12-8-6-5-7-9-12/h5-11H,1-4H3/t10-,11-/m1/s1. The van der Waals surface area contributed by atoms with Gasteiger partial charge in [0.1, 0.15) is 0 Å². The van der Waals surface area contributed by atoms with Crippen LogP contribution in [-0.2, 0) is 0 Å². The Kier molecular flexibility index (Phi) is 3.29. The van der Waals surface area contributed by atoms with E-state index in [1.165, 1.54) is 5.56 Å². The topological polar surface area (TPSA) is 23.1 Å². The summed E-state index contributed by atoms with van der Waals surface area (Å²) in [6.07, 6.45) is 0. The van der Waals surface area contributed by atoms with E-state index in [1.54, 1.807) is 14.1 Å². The lowest BCUT2D eigenvalue weighted by Crippen LogP contribution is -2.44. The van der Waals surface area contributed by atoms with E-state index in [2.05, 4.69) is 19.1 Å².